The largest absolute Gasteiger partial charge is 0.497 e. The summed E-state index contributed by atoms with van der Waals surface area (Å²) in [5.41, 5.74) is 5.92. The Morgan fingerprint density at radius 2 is 1.48 bits per heavy atom. The molecular weight excluding hydrogens is 508 g/mol. The van der Waals surface area contributed by atoms with Crippen LogP contribution < -0.4 is 14.2 Å². The minimum absolute atomic E-state index is 0.133. The minimum atomic E-state index is -0.299. The van der Waals surface area contributed by atoms with Gasteiger partial charge in [0.15, 0.2) is 11.5 Å². The van der Waals surface area contributed by atoms with Crippen LogP contribution in [-0.4, -0.2) is 38.8 Å². The van der Waals surface area contributed by atoms with Crippen LogP contribution >= 0.6 is 0 Å². The summed E-state index contributed by atoms with van der Waals surface area (Å²) in [5.74, 6) is 1.52. The second kappa shape index (κ2) is 12.3. The van der Waals surface area contributed by atoms with Gasteiger partial charge in [0.05, 0.1) is 21.3 Å². The highest BCUT2D eigenvalue weighted by Crippen LogP contribution is 2.40. The van der Waals surface area contributed by atoms with Crippen molar-refractivity contribution in [3.63, 3.8) is 0 Å². The van der Waals surface area contributed by atoms with Crippen LogP contribution in [0.1, 0.15) is 27.8 Å². The van der Waals surface area contributed by atoms with Crippen molar-refractivity contribution in [1.82, 2.24) is 4.90 Å². The Kier molecular flexibility index (Phi) is 8.46. The van der Waals surface area contributed by atoms with Crippen LogP contribution in [0.4, 0.5) is 8.78 Å². The fourth-order valence-corrected chi connectivity index (χ4v) is 5.42. The van der Waals surface area contributed by atoms with Gasteiger partial charge in [-0.25, -0.2) is 8.78 Å². The van der Waals surface area contributed by atoms with Crippen LogP contribution in [0.15, 0.2) is 84.9 Å². The maximum absolute atomic E-state index is 14.3. The minimum Gasteiger partial charge on any atom is -0.497 e. The van der Waals surface area contributed by atoms with Crippen molar-refractivity contribution < 1.29 is 23.0 Å². The van der Waals surface area contributed by atoms with Gasteiger partial charge in [-0.1, -0.05) is 36.4 Å². The third kappa shape index (κ3) is 6.18. The van der Waals surface area contributed by atoms with Crippen molar-refractivity contribution in [1.29, 1.82) is 0 Å². The van der Waals surface area contributed by atoms with Crippen molar-refractivity contribution in [3.05, 3.63) is 124 Å². The fourth-order valence-electron chi connectivity index (χ4n) is 5.42. The molecule has 0 bridgehead atoms. The number of halogens is 2. The summed E-state index contributed by atoms with van der Waals surface area (Å²) in [6.45, 7) is 1.43. The van der Waals surface area contributed by atoms with Gasteiger partial charge in [-0.3, -0.25) is 4.90 Å². The number of rotatable bonds is 8. The molecule has 0 saturated carbocycles. The first-order valence-corrected chi connectivity index (χ1v) is 13.3. The van der Waals surface area contributed by atoms with E-state index in [2.05, 4.69) is 17.0 Å². The number of ether oxygens (including phenoxy) is 3. The molecule has 0 saturated heterocycles. The van der Waals surface area contributed by atoms with Crippen molar-refractivity contribution in [2.75, 3.05) is 27.9 Å². The number of methoxy groups -OCH3 is 3. The molecule has 1 aliphatic heterocycles. The van der Waals surface area contributed by atoms with Gasteiger partial charge in [-0.05, 0) is 101 Å². The fraction of sp³-hybridized carbons (Fsp3) is 0.235. The zero-order valence-electron chi connectivity index (χ0n) is 23.0. The van der Waals surface area contributed by atoms with Crippen LogP contribution in [0.2, 0.25) is 0 Å². The molecule has 1 aliphatic rings. The first kappa shape index (κ1) is 27.4. The molecule has 4 aromatic carbocycles. The van der Waals surface area contributed by atoms with Gasteiger partial charge >= 0.3 is 0 Å². The van der Waals surface area contributed by atoms with Gasteiger partial charge in [0, 0.05) is 19.1 Å². The molecule has 0 fully saturated rings. The first-order valence-electron chi connectivity index (χ1n) is 13.3. The summed E-state index contributed by atoms with van der Waals surface area (Å²) in [5, 5.41) is 0. The summed E-state index contributed by atoms with van der Waals surface area (Å²) >= 11 is 0. The summed E-state index contributed by atoms with van der Waals surface area (Å²) in [7, 11) is 4.91. The van der Waals surface area contributed by atoms with Gasteiger partial charge in [0.25, 0.3) is 0 Å². The molecule has 6 heteroatoms. The van der Waals surface area contributed by atoms with E-state index >= 15 is 0 Å². The standard InChI is InChI=1S/C34H33F2NO3/c1-38-29-12-10-23(11-13-29)22-37-15-14-26-20-33(39-2)34(40-3)21-30(26)31(18-24-6-4-8-27(35)16-24)32(37)19-25-7-5-9-28(36)17-25/h4-13,16-18,20-21,32H,14-15,19,22H2,1-3H3/b31-18-. The molecule has 1 heterocycles. The number of hydrogen-bond donors (Lipinski definition) is 0. The lowest BCUT2D eigenvalue weighted by Gasteiger charge is -2.32. The maximum atomic E-state index is 14.3. The number of hydrogen-bond acceptors (Lipinski definition) is 4. The molecule has 40 heavy (non-hydrogen) atoms. The quantitative estimate of drug-likeness (QED) is 0.236. The van der Waals surface area contributed by atoms with Gasteiger partial charge in [0.1, 0.15) is 17.4 Å². The molecule has 0 radical (unpaired) electrons. The molecule has 0 N–H and O–H groups in total. The normalized spacial score (nSPS) is 16.3. The summed E-state index contributed by atoms with van der Waals surface area (Å²) in [6.07, 6.45) is 3.39. The lowest BCUT2D eigenvalue weighted by molar-refractivity contribution is 0.232. The van der Waals surface area contributed by atoms with E-state index < -0.39 is 0 Å². The predicted molar refractivity (Wildman–Crippen MR) is 155 cm³/mol. The highest BCUT2D eigenvalue weighted by molar-refractivity contribution is 5.87. The van der Waals surface area contributed by atoms with Gasteiger partial charge < -0.3 is 14.2 Å². The monoisotopic (exact) mass is 541 g/mol. The summed E-state index contributed by atoms with van der Waals surface area (Å²) in [6, 6.07) is 25.3. The van der Waals surface area contributed by atoms with E-state index in [1.165, 1.54) is 18.2 Å². The molecule has 0 aliphatic carbocycles. The van der Waals surface area contributed by atoms with E-state index in [1.54, 1.807) is 39.5 Å². The van der Waals surface area contributed by atoms with E-state index in [0.29, 0.717) is 24.5 Å². The Morgan fingerprint density at radius 3 is 2.15 bits per heavy atom. The van der Waals surface area contributed by atoms with E-state index in [-0.39, 0.29) is 17.7 Å². The number of fused-ring (bicyclic) bond motifs is 1. The van der Waals surface area contributed by atoms with Gasteiger partial charge in [0.2, 0.25) is 0 Å². The first-order chi connectivity index (χ1) is 19.5. The van der Waals surface area contributed by atoms with E-state index in [9.17, 15) is 8.78 Å². The van der Waals surface area contributed by atoms with E-state index in [4.69, 9.17) is 14.2 Å². The predicted octanol–water partition coefficient (Wildman–Crippen LogP) is 7.20. The van der Waals surface area contributed by atoms with Crippen molar-refractivity contribution in [2.24, 2.45) is 0 Å². The van der Waals surface area contributed by atoms with Crippen LogP contribution in [0, 0.1) is 11.6 Å². The number of nitrogens with zero attached hydrogens (tertiary/aromatic N) is 1. The summed E-state index contributed by atoms with van der Waals surface area (Å²) < 4.78 is 45.3. The lowest BCUT2D eigenvalue weighted by Crippen LogP contribution is -2.37. The zero-order chi connectivity index (χ0) is 28.1. The lowest BCUT2D eigenvalue weighted by atomic mass is 9.88. The summed E-state index contributed by atoms with van der Waals surface area (Å²) in [4.78, 5) is 2.41. The molecule has 4 nitrogen and oxygen atoms in total. The topological polar surface area (TPSA) is 30.9 Å². The molecule has 1 atom stereocenters. The van der Waals surface area contributed by atoms with Crippen LogP contribution in [0.3, 0.4) is 0 Å². The second-order valence-electron chi connectivity index (χ2n) is 9.94. The highest BCUT2D eigenvalue weighted by Gasteiger charge is 2.30. The molecule has 0 spiro atoms. The molecule has 4 aromatic rings. The molecule has 0 aromatic heterocycles. The van der Waals surface area contributed by atoms with Crippen molar-refractivity contribution in [2.45, 2.75) is 25.4 Å². The average Bonchev–Trinajstić information content (AvgIpc) is 3.09. The maximum Gasteiger partial charge on any atom is 0.161 e. The van der Waals surface area contributed by atoms with Gasteiger partial charge in [-0.2, -0.15) is 0 Å². The highest BCUT2D eigenvalue weighted by atomic mass is 19.1. The Labute approximate surface area is 234 Å². The van der Waals surface area contributed by atoms with Crippen molar-refractivity contribution >= 4 is 11.6 Å². The zero-order valence-corrected chi connectivity index (χ0v) is 23.0. The van der Waals surface area contributed by atoms with Crippen LogP contribution in [-0.2, 0) is 19.4 Å². The van der Waals surface area contributed by atoms with E-state index in [0.717, 1.165) is 52.1 Å². The van der Waals surface area contributed by atoms with Gasteiger partial charge in [-0.15, -0.1) is 0 Å². The second-order valence-corrected chi connectivity index (χ2v) is 9.94. The van der Waals surface area contributed by atoms with E-state index in [1.807, 2.05) is 42.5 Å². The molecule has 1 unspecified atom stereocenters. The Morgan fingerprint density at radius 1 is 0.775 bits per heavy atom. The van der Waals surface area contributed by atoms with Crippen molar-refractivity contribution in [3.8, 4) is 17.2 Å². The average molecular weight is 542 g/mol. The molecular formula is C34H33F2NO3. The molecule has 5 rings (SSSR count). The third-order valence-corrected chi connectivity index (χ3v) is 7.42. The molecule has 0 amide bonds. The van der Waals surface area contributed by atoms with Crippen LogP contribution in [0.25, 0.3) is 11.6 Å². The Hall–Kier alpha value is -4.16. The van der Waals surface area contributed by atoms with Crippen LogP contribution in [0.5, 0.6) is 17.2 Å². The Bertz CT molecular complexity index is 1500. The number of benzene rings is 4. The SMILES string of the molecule is COc1ccc(CN2CCc3cc(OC)c(OC)cc3/C(=C/c3cccc(F)c3)C2Cc2cccc(F)c2)cc1. The Balaban J connectivity index is 1.68. The molecule has 206 valence electrons. The third-order valence-electron chi connectivity index (χ3n) is 7.42. The smallest absolute Gasteiger partial charge is 0.161 e.